The normalized spacial score (nSPS) is 11.8. The zero-order valence-corrected chi connectivity index (χ0v) is 18.5. The molecule has 0 saturated heterocycles. The number of hydrogen-bond donors (Lipinski definition) is 2. The van der Waals surface area contributed by atoms with E-state index in [1.807, 2.05) is 34.7 Å². The Morgan fingerprint density at radius 2 is 1.79 bits per heavy atom. The standard InChI is InChI=1S/C15H11I3N2O4/c16-9-6-8(1-2-13(9)20-23)24-14-10(17)3-7(4-11(14)18)5-12(19)15(21)22/h1-4,6,12H,5,19H2,(H,21,22)/t12-/m0/s1. The molecule has 0 amide bonds. The van der Waals surface area contributed by atoms with Crippen molar-refractivity contribution in [3.63, 3.8) is 0 Å². The SMILES string of the molecule is N[C@@H](Cc1cc(I)c(Oc2ccc(N=O)c(I)c2)c(I)c1)C(=O)O. The van der Waals surface area contributed by atoms with Crippen molar-refractivity contribution < 1.29 is 14.6 Å². The predicted molar refractivity (Wildman–Crippen MR) is 116 cm³/mol. The lowest BCUT2D eigenvalue weighted by Crippen LogP contribution is -2.32. The Balaban J connectivity index is 2.26. The van der Waals surface area contributed by atoms with E-state index < -0.39 is 12.0 Å². The molecule has 126 valence electrons. The molecule has 2 rings (SSSR count). The first kappa shape index (κ1) is 19.8. The van der Waals surface area contributed by atoms with Gasteiger partial charge in [0.15, 0.2) is 5.75 Å². The molecule has 0 unspecified atom stereocenters. The van der Waals surface area contributed by atoms with Crippen LogP contribution < -0.4 is 10.5 Å². The lowest BCUT2D eigenvalue weighted by atomic mass is 10.1. The first-order chi connectivity index (χ1) is 11.3. The van der Waals surface area contributed by atoms with Gasteiger partial charge in [0.2, 0.25) is 0 Å². The van der Waals surface area contributed by atoms with Crippen LogP contribution in [0.5, 0.6) is 11.5 Å². The van der Waals surface area contributed by atoms with Gasteiger partial charge in [0, 0.05) is 3.57 Å². The van der Waals surface area contributed by atoms with Gasteiger partial charge in [0.1, 0.15) is 17.5 Å². The van der Waals surface area contributed by atoms with Crippen LogP contribution in [-0.4, -0.2) is 17.1 Å². The maximum Gasteiger partial charge on any atom is 0.320 e. The number of carboxylic acids is 1. The summed E-state index contributed by atoms with van der Waals surface area (Å²) in [6.45, 7) is 0. The third-order valence-electron chi connectivity index (χ3n) is 3.07. The fraction of sp³-hybridized carbons (Fsp3) is 0.133. The van der Waals surface area contributed by atoms with Crippen LogP contribution in [0.15, 0.2) is 35.5 Å². The van der Waals surface area contributed by atoms with Gasteiger partial charge in [-0.25, -0.2) is 0 Å². The van der Waals surface area contributed by atoms with Crippen LogP contribution in [0.4, 0.5) is 5.69 Å². The van der Waals surface area contributed by atoms with Gasteiger partial charge in [0.05, 0.1) is 7.14 Å². The number of nitroso groups, excluding NO2 is 1. The number of nitrogens with zero attached hydrogens (tertiary/aromatic N) is 1. The molecule has 2 aromatic carbocycles. The van der Waals surface area contributed by atoms with Gasteiger partial charge < -0.3 is 15.6 Å². The summed E-state index contributed by atoms with van der Waals surface area (Å²) in [7, 11) is 0. The summed E-state index contributed by atoms with van der Waals surface area (Å²) in [5.41, 5.74) is 6.78. The quantitative estimate of drug-likeness (QED) is 0.347. The molecule has 0 aromatic heterocycles. The molecule has 0 aliphatic rings. The maximum atomic E-state index is 10.9. The zero-order valence-electron chi connectivity index (χ0n) is 12.0. The van der Waals surface area contributed by atoms with Gasteiger partial charge in [-0.2, -0.15) is 0 Å². The van der Waals surface area contributed by atoms with E-state index in [1.54, 1.807) is 18.2 Å². The number of carbonyl (C=O) groups is 1. The molecule has 0 radical (unpaired) electrons. The van der Waals surface area contributed by atoms with E-state index in [0.717, 1.165) is 12.7 Å². The first-order valence-corrected chi connectivity index (χ1v) is 9.82. The van der Waals surface area contributed by atoms with Gasteiger partial charge in [0.25, 0.3) is 0 Å². The van der Waals surface area contributed by atoms with Crippen LogP contribution >= 0.6 is 67.8 Å². The van der Waals surface area contributed by atoms with Crippen molar-refractivity contribution in [2.45, 2.75) is 12.5 Å². The third-order valence-corrected chi connectivity index (χ3v) is 5.53. The molecule has 1 atom stereocenters. The average molecular weight is 664 g/mol. The van der Waals surface area contributed by atoms with Gasteiger partial charge in [-0.05, 0) is 115 Å². The Labute approximate surface area is 178 Å². The Kier molecular flexibility index (Phi) is 7.18. The van der Waals surface area contributed by atoms with Crippen LogP contribution in [-0.2, 0) is 11.2 Å². The monoisotopic (exact) mass is 664 g/mol. The highest BCUT2D eigenvalue weighted by atomic mass is 127. The fourth-order valence-corrected chi connectivity index (χ4v) is 4.61. The van der Waals surface area contributed by atoms with E-state index in [-0.39, 0.29) is 6.42 Å². The van der Waals surface area contributed by atoms with Gasteiger partial charge >= 0.3 is 5.97 Å². The van der Waals surface area contributed by atoms with Gasteiger partial charge in [-0.1, -0.05) is 0 Å². The van der Waals surface area contributed by atoms with Crippen LogP contribution in [0.1, 0.15) is 5.56 Å². The van der Waals surface area contributed by atoms with Crippen molar-refractivity contribution in [3.05, 3.63) is 51.5 Å². The highest BCUT2D eigenvalue weighted by molar-refractivity contribution is 14.1. The fourth-order valence-electron chi connectivity index (χ4n) is 1.91. The number of rotatable bonds is 6. The molecule has 9 heteroatoms. The minimum absolute atomic E-state index is 0.249. The summed E-state index contributed by atoms with van der Waals surface area (Å²) in [6.07, 6.45) is 0.249. The Bertz CT molecular complexity index is 775. The second-order valence-electron chi connectivity index (χ2n) is 4.84. The molecule has 3 N–H and O–H groups in total. The molecule has 0 aliphatic heterocycles. The highest BCUT2D eigenvalue weighted by Crippen LogP contribution is 2.35. The van der Waals surface area contributed by atoms with Crippen molar-refractivity contribution in [2.24, 2.45) is 10.9 Å². The Morgan fingerprint density at radius 1 is 1.17 bits per heavy atom. The highest BCUT2D eigenvalue weighted by Gasteiger charge is 2.16. The van der Waals surface area contributed by atoms with Crippen molar-refractivity contribution in [2.75, 3.05) is 0 Å². The maximum absolute atomic E-state index is 10.9. The minimum atomic E-state index is -1.03. The van der Waals surface area contributed by atoms with Crippen molar-refractivity contribution >= 4 is 79.4 Å². The molecule has 0 fully saturated rings. The molecule has 0 saturated carbocycles. The van der Waals surface area contributed by atoms with E-state index >= 15 is 0 Å². The summed E-state index contributed by atoms with van der Waals surface area (Å²) in [6, 6.07) is 7.79. The number of halogens is 3. The average Bonchev–Trinajstić information content (AvgIpc) is 2.51. The molecule has 2 aromatic rings. The largest absolute Gasteiger partial charge is 0.480 e. The molecular formula is C15H11I3N2O4. The van der Waals surface area contributed by atoms with Gasteiger partial charge in [-0.15, -0.1) is 4.91 Å². The molecule has 0 aliphatic carbocycles. The van der Waals surface area contributed by atoms with E-state index in [9.17, 15) is 9.70 Å². The number of ether oxygens (including phenoxy) is 1. The number of aliphatic carboxylic acids is 1. The van der Waals surface area contributed by atoms with E-state index in [4.69, 9.17) is 15.6 Å². The van der Waals surface area contributed by atoms with Crippen molar-refractivity contribution in [1.29, 1.82) is 0 Å². The summed E-state index contributed by atoms with van der Waals surface area (Å²) >= 11 is 6.30. The topological polar surface area (TPSA) is 102 Å². The lowest BCUT2D eigenvalue weighted by Gasteiger charge is -2.13. The Hall–Kier alpha value is -0.540. The van der Waals surface area contributed by atoms with Crippen LogP contribution in [0.2, 0.25) is 0 Å². The molecule has 0 heterocycles. The second kappa shape index (κ2) is 8.71. The Morgan fingerprint density at radius 3 is 2.29 bits per heavy atom. The number of nitrogens with two attached hydrogens (primary N) is 1. The second-order valence-corrected chi connectivity index (χ2v) is 8.33. The molecular weight excluding hydrogens is 653 g/mol. The number of benzene rings is 2. The minimum Gasteiger partial charge on any atom is -0.480 e. The lowest BCUT2D eigenvalue weighted by molar-refractivity contribution is -0.138. The number of hydrogen-bond acceptors (Lipinski definition) is 5. The number of carboxylic acid groups (broad SMARTS) is 1. The molecule has 24 heavy (non-hydrogen) atoms. The van der Waals surface area contributed by atoms with Crippen molar-refractivity contribution in [3.8, 4) is 11.5 Å². The van der Waals surface area contributed by atoms with E-state index in [1.165, 1.54) is 0 Å². The summed E-state index contributed by atoms with van der Waals surface area (Å²) < 4.78 is 8.31. The molecule has 0 spiro atoms. The summed E-state index contributed by atoms with van der Waals surface area (Å²) in [5, 5.41) is 11.8. The first-order valence-electron chi connectivity index (χ1n) is 6.59. The summed E-state index contributed by atoms with van der Waals surface area (Å²) in [5.74, 6) is 0.239. The van der Waals surface area contributed by atoms with Crippen LogP contribution in [0.25, 0.3) is 0 Å². The van der Waals surface area contributed by atoms with Crippen LogP contribution in [0.3, 0.4) is 0 Å². The van der Waals surface area contributed by atoms with Crippen molar-refractivity contribution in [1.82, 2.24) is 0 Å². The molecule has 0 bridgehead atoms. The van der Waals surface area contributed by atoms with Crippen LogP contribution in [0, 0.1) is 15.6 Å². The third kappa shape index (κ3) is 4.98. The zero-order chi connectivity index (χ0) is 17.9. The van der Waals surface area contributed by atoms with E-state index in [0.29, 0.717) is 20.8 Å². The molecule has 6 nitrogen and oxygen atoms in total. The van der Waals surface area contributed by atoms with E-state index in [2.05, 4.69) is 50.4 Å². The van der Waals surface area contributed by atoms with Gasteiger partial charge in [-0.3, -0.25) is 4.79 Å². The summed E-state index contributed by atoms with van der Waals surface area (Å²) in [4.78, 5) is 21.5. The predicted octanol–water partition coefficient (Wildman–Crippen LogP) is 4.65. The smallest absolute Gasteiger partial charge is 0.320 e.